The van der Waals surface area contributed by atoms with E-state index in [9.17, 15) is 0 Å². The number of nitrogens with zero attached hydrogens (tertiary/aromatic N) is 2. The number of rotatable bonds is 8. The lowest BCUT2D eigenvalue weighted by atomic mass is 10.2. The van der Waals surface area contributed by atoms with Crippen LogP contribution in [0.5, 0.6) is 0 Å². The first kappa shape index (κ1) is 14.2. The van der Waals surface area contributed by atoms with E-state index in [1.54, 1.807) is 0 Å². The molecule has 1 aromatic heterocycles. The van der Waals surface area contributed by atoms with Crippen LogP contribution in [0.15, 0.2) is 12.3 Å². The van der Waals surface area contributed by atoms with E-state index >= 15 is 0 Å². The molecule has 1 unspecified atom stereocenters. The normalized spacial score (nSPS) is 13.2. The van der Waals surface area contributed by atoms with E-state index in [0.717, 1.165) is 25.1 Å². The van der Waals surface area contributed by atoms with Crippen LogP contribution in [0.1, 0.15) is 65.1 Å². The minimum Gasteiger partial charge on any atom is -0.309 e. The van der Waals surface area contributed by atoms with Crippen molar-refractivity contribution >= 4 is 0 Å². The van der Waals surface area contributed by atoms with Crippen LogP contribution in [0.2, 0.25) is 0 Å². The molecular weight excluding hydrogens is 210 g/mol. The maximum atomic E-state index is 4.64. The van der Waals surface area contributed by atoms with Crippen LogP contribution in [-0.2, 0) is 6.54 Å². The van der Waals surface area contributed by atoms with Crippen LogP contribution in [0.4, 0.5) is 0 Å². The van der Waals surface area contributed by atoms with Gasteiger partial charge in [-0.1, -0.05) is 27.2 Å². The first-order valence-electron chi connectivity index (χ1n) is 6.98. The summed E-state index contributed by atoms with van der Waals surface area (Å²) in [5.74, 6) is 0. The quantitative estimate of drug-likeness (QED) is 0.749. The Bertz CT molecular complexity index is 302. The van der Waals surface area contributed by atoms with Crippen LogP contribution in [0.25, 0.3) is 0 Å². The summed E-state index contributed by atoms with van der Waals surface area (Å²) in [7, 11) is 0. The molecular formula is C14H27N3. The second kappa shape index (κ2) is 7.49. The lowest BCUT2D eigenvalue weighted by molar-refractivity contribution is 0.421. The van der Waals surface area contributed by atoms with Crippen molar-refractivity contribution in [3.8, 4) is 0 Å². The lowest BCUT2D eigenvalue weighted by Gasteiger charge is -2.13. The fourth-order valence-corrected chi connectivity index (χ4v) is 2.15. The molecule has 0 fully saturated rings. The Hall–Kier alpha value is -0.830. The van der Waals surface area contributed by atoms with Crippen LogP contribution < -0.4 is 5.32 Å². The first-order valence-corrected chi connectivity index (χ1v) is 6.98. The smallest absolute Gasteiger partial charge is 0.0762 e. The lowest BCUT2D eigenvalue weighted by Crippen LogP contribution is -2.25. The molecule has 0 aliphatic rings. The van der Waals surface area contributed by atoms with Gasteiger partial charge in [0.05, 0.1) is 11.7 Å². The predicted molar refractivity (Wildman–Crippen MR) is 73.1 cm³/mol. The zero-order chi connectivity index (χ0) is 12.7. The Morgan fingerprint density at radius 1 is 1.29 bits per heavy atom. The molecule has 0 aliphatic carbocycles. The second-order valence-electron chi connectivity index (χ2n) is 4.83. The highest BCUT2D eigenvalue weighted by molar-refractivity contribution is 4.99. The van der Waals surface area contributed by atoms with E-state index in [1.165, 1.54) is 12.8 Å². The molecule has 0 saturated carbocycles. The van der Waals surface area contributed by atoms with E-state index in [4.69, 9.17) is 0 Å². The Morgan fingerprint density at radius 3 is 2.59 bits per heavy atom. The van der Waals surface area contributed by atoms with Gasteiger partial charge in [0.2, 0.25) is 0 Å². The minimum absolute atomic E-state index is 0.553. The Balaban J connectivity index is 2.45. The largest absolute Gasteiger partial charge is 0.309 e. The summed E-state index contributed by atoms with van der Waals surface area (Å²) in [5, 5.41) is 8.15. The van der Waals surface area contributed by atoms with Gasteiger partial charge in [-0.3, -0.25) is 4.68 Å². The number of aromatic nitrogens is 2. The highest BCUT2D eigenvalue weighted by Crippen LogP contribution is 2.14. The van der Waals surface area contributed by atoms with Crippen molar-refractivity contribution in [1.82, 2.24) is 15.1 Å². The maximum Gasteiger partial charge on any atom is 0.0762 e. The van der Waals surface area contributed by atoms with E-state index in [1.807, 2.05) is 0 Å². The van der Waals surface area contributed by atoms with Gasteiger partial charge in [-0.2, -0.15) is 5.10 Å². The molecule has 17 heavy (non-hydrogen) atoms. The van der Waals surface area contributed by atoms with Crippen molar-refractivity contribution in [3.63, 3.8) is 0 Å². The minimum atomic E-state index is 0.553. The highest BCUT2D eigenvalue weighted by Gasteiger charge is 2.08. The molecule has 3 nitrogen and oxygen atoms in total. The van der Waals surface area contributed by atoms with Crippen LogP contribution in [-0.4, -0.2) is 15.8 Å². The fourth-order valence-electron chi connectivity index (χ4n) is 2.15. The number of hydrogen-bond acceptors (Lipinski definition) is 2. The molecule has 1 rings (SSSR count). The van der Waals surface area contributed by atoms with E-state index in [2.05, 4.69) is 55.1 Å². The molecule has 0 aromatic carbocycles. The number of hydrogen-bond donors (Lipinski definition) is 1. The Morgan fingerprint density at radius 2 is 2.00 bits per heavy atom. The average molecular weight is 237 g/mol. The van der Waals surface area contributed by atoms with Gasteiger partial charge in [0, 0.05) is 18.8 Å². The molecule has 0 spiro atoms. The maximum absolute atomic E-state index is 4.64. The van der Waals surface area contributed by atoms with Crippen molar-refractivity contribution < 1.29 is 0 Å². The molecule has 1 heterocycles. The summed E-state index contributed by atoms with van der Waals surface area (Å²) in [6.45, 7) is 9.78. The fraction of sp³-hybridized carbons (Fsp3) is 0.786. The number of nitrogens with one attached hydrogen (secondary N) is 1. The third kappa shape index (κ3) is 4.50. The molecule has 1 aromatic rings. The molecule has 1 atom stereocenters. The van der Waals surface area contributed by atoms with Gasteiger partial charge in [-0.15, -0.1) is 0 Å². The predicted octanol–water partition coefficient (Wildman–Crippen LogP) is 3.52. The second-order valence-corrected chi connectivity index (χ2v) is 4.83. The molecule has 0 amide bonds. The molecule has 0 radical (unpaired) electrons. The molecule has 3 heteroatoms. The van der Waals surface area contributed by atoms with Gasteiger partial charge in [-0.05, 0) is 32.3 Å². The van der Waals surface area contributed by atoms with Gasteiger partial charge in [0.15, 0.2) is 0 Å². The SMILES string of the molecule is CCCC(C)NCc1ccn(C(CC)CC)n1. The molecule has 0 aliphatic heterocycles. The monoisotopic (exact) mass is 237 g/mol. The molecule has 0 bridgehead atoms. The standard InChI is InChI=1S/C14H27N3/c1-5-8-12(4)15-11-13-9-10-17(16-13)14(6-2)7-3/h9-10,12,14-15H,5-8,11H2,1-4H3. The van der Waals surface area contributed by atoms with Crippen molar-refractivity contribution in [2.75, 3.05) is 0 Å². The van der Waals surface area contributed by atoms with E-state index in [-0.39, 0.29) is 0 Å². The average Bonchev–Trinajstić information content (AvgIpc) is 2.77. The van der Waals surface area contributed by atoms with Crippen LogP contribution in [0, 0.1) is 0 Å². The van der Waals surface area contributed by atoms with Gasteiger partial charge in [-0.25, -0.2) is 0 Å². The Kier molecular flexibility index (Phi) is 6.27. The van der Waals surface area contributed by atoms with E-state index < -0.39 is 0 Å². The summed E-state index contributed by atoms with van der Waals surface area (Å²) < 4.78 is 2.11. The zero-order valence-electron chi connectivity index (χ0n) is 11.7. The molecule has 98 valence electrons. The van der Waals surface area contributed by atoms with Gasteiger partial charge >= 0.3 is 0 Å². The topological polar surface area (TPSA) is 29.9 Å². The summed E-state index contributed by atoms with van der Waals surface area (Å²) in [4.78, 5) is 0. The van der Waals surface area contributed by atoms with Crippen LogP contribution >= 0.6 is 0 Å². The Labute approximate surface area is 106 Å². The zero-order valence-corrected chi connectivity index (χ0v) is 11.7. The summed E-state index contributed by atoms with van der Waals surface area (Å²) in [6.07, 6.45) is 6.87. The summed E-state index contributed by atoms with van der Waals surface area (Å²) in [5.41, 5.74) is 1.15. The van der Waals surface area contributed by atoms with Crippen molar-refractivity contribution in [2.24, 2.45) is 0 Å². The van der Waals surface area contributed by atoms with E-state index in [0.29, 0.717) is 12.1 Å². The third-order valence-electron chi connectivity index (χ3n) is 3.33. The van der Waals surface area contributed by atoms with Gasteiger partial charge in [0.25, 0.3) is 0 Å². The highest BCUT2D eigenvalue weighted by atomic mass is 15.3. The summed E-state index contributed by atoms with van der Waals surface area (Å²) in [6, 6.07) is 3.26. The van der Waals surface area contributed by atoms with Crippen LogP contribution in [0.3, 0.4) is 0 Å². The molecule has 0 saturated heterocycles. The van der Waals surface area contributed by atoms with Gasteiger partial charge < -0.3 is 5.32 Å². The van der Waals surface area contributed by atoms with Crippen molar-refractivity contribution in [1.29, 1.82) is 0 Å². The first-order chi connectivity index (χ1) is 8.21. The third-order valence-corrected chi connectivity index (χ3v) is 3.33. The van der Waals surface area contributed by atoms with Crippen molar-refractivity contribution in [3.05, 3.63) is 18.0 Å². The molecule has 1 N–H and O–H groups in total. The summed E-state index contributed by atoms with van der Waals surface area (Å²) >= 11 is 0. The van der Waals surface area contributed by atoms with Gasteiger partial charge in [0.1, 0.15) is 0 Å². The van der Waals surface area contributed by atoms with Crippen molar-refractivity contribution in [2.45, 2.75) is 72.0 Å².